The van der Waals surface area contributed by atoms with Gasteiger partial charge in [0.1, 0.15) is 0 Å². The monoisotopic (exact) mass is 229 g/mol. The molecule has 1 unspecified atom stereocenters. The summed E-state index contributed by atoms with van der Waals surface area (Å²) in [6, 6.07) is 0. The second-order valence-electron chi connectivity index (χ2n) is 4.65. The third kappa shape index (κ3) is 13.5. The number of ether oxygens (including phenoxy) is 1. The molecule has 0 heterocycles. The molecule has 0 aromatic heterocycles. The standard InChI is InChI=1S/C11H23NO.C3H8/c1-9(2)12(6)8-7-11(5)13-10(3)4;1-3-2/h10-11H,1,7-8H2,2-6H3;3H2,1-2H3. The normalized spacial score (nSPS) is 11.8. The maximum Gasteiger partial charge on any atom is 0.0567 e. The van der Waals surface area contributed by atoms with Crippen LogP contribution < -0.4 is 0 Å². The van der Waals surface area contributed by atoms with Crippen molar-refractivity contribution in [3.05, 3.63) is 12.3 Å². The minimum absolute atomic E-state index is 0.324. The van der Waals surface area contributed by atoms with E-state index in [9.17, 15) is 0 Å². The predicted octanol–water partition coefficient (Wildman–Crippen LogP) is 4.07. The van der Waals surface area contributed by atoms with Crippen LogP contribution in [-0.4, -0.2) is 30.7 Å². The minimum Gasteiger partial charge on any atom is -0.378 e. The highest BCUT2D eigenvalue weighted by Gasteiger charge is 2.05. The van der Waals surface area contributed by atoms with E-state index in [1.165, 1.54) is 6.42 Å². The zero-order valence-corrected chi connectivity index (χ0v) is 12.3. The van der Waals surface area contributed by atoms with Crippen LogP contribution in [0.5, 0.6) is 0 Å². The first-order chi connectivity index (χ1) is 7.34. The number of nitrogens with zero attached hydrogens (tertiary/aromatic N) is 1. The Morgan fingerprint density at radius 1 is 1.25 bits per heavy atom. The van der Waals surface area contributed by atoms with Crippen molar-refractivity contribution in [3.8, 4) is 0 Å². The highest BCUT2D eigenvalue weighted by molar-refractivity contribution is 4.85. The minimum atomic E-state index is 0.324. The van der Waals surface area contributed by atoms with Gasteiger partial charge in [-0.2, -0.15) is 0 Å². The lowest BCUT2D eigenvalue weighted by Crippen LogP contribution is -2.23. The lowest BCUT2D eigenvalue weighted by Gasteiger charge is -2.22. The lowest BCUT2D eigenvalue weighted by molar-refractivity contribution is 0.0115. The zero-order chi connectivity index (χ0) is 13.1. The number of allylic oxidation sites excluding steroid dienone is 1. The summed E-state index contributed by atoms with van der Waals surface area (Å²) in [7, 11) is 2.06. The fourth-order valence-electron chi connectivity index (χ4n) is 1.10. The van der Waals surface area contributed by atoms with E-state index in [2.05, 4.69) is 53.1 Å². The van der Waals surface area contributed by atoms with Crippen molar-refractivity contribution >= 4 is 0 Å². The molecular weight excluding hydrogens is 198 g/mol. The van der Waals surface area contributed by atoms with Crippen molar-refractivity contribution in [2.45, 2.75) is 66.6 Å². The van der Waals surface area contributed by atoms with Crippen LogP contribution in [0.4, 0.5) is 0 Å². The molecule has 98 valence electrons. The predicted molar refractivity (Wildman–Crippen MR) is 73.7 cm³/mol. The van der Waals surface area contributed by atoms with E-state index < -0.39 is 0 Å². The largest absolute Gasteiger partial charge is 0.378 e. The van der Waals surface area contributed by atoms with Gasteiger partial charge in [-0.3, -0.25) is 0 Å². The molecule has 0 radical (unpaired) electrons. The van der Waals surface area contributed by atoms with Crippen molar-refractivity contribution in [1.29, 1.82) is 0 Å². The average molecular weight is 229 g/mol. The molecule has 0 bridgehead atoms. The fraction of sp³-hybridized carbons (Fsp3) is 0.857. The Bertz CT molecular complexity index is 166. The third-order valence-electron chi connectivity index (χ3n) is 2.03. The maximum absolute atomic E-state index is 5.62. The van der Waals surface area contributed by atoms with Crippen LogP contribution in [0.3, 0.4) is 0 Å². The van der Waals surface area contributed by atoms with Crippen LogP contribution in [0, 0.1) is 0 Å². The van der Waals surface area contributed by atoms with Gasteiger partial charge in [0.25, 0.3) is 0 Å². The number of rotatable bonds is 6. The SMILES string of the molecule is C=C(C)N(C)CCC(C)OC(C)C.CCC. The summed E-state index contributed by atoms with van der Waals surface area (Å²) in [5, 5.41) is 0. The van der Waals surface area contributed by atoms with Crippen LogP contribution >= 0.6 is 0 Å². The Labute approximate surface area is 103 Å². The van der Waals surface area contributed by atoms with Crippen molar-refractivity contribution < 1.29 is 4.74 Å². The summed E-state index contributed by atoms with van der Waals surface area (Å²) in [5.41, 5.74) is 1.11. The van der Waals surface area contributed by atoms with Gasteiger partial charge in [-0.25, -0.2) is 0 Å². The van der Waals surface area contributed by atoms with Gasteiger partial charge in [0.2, 0.25) is 0 Å². The Morgan fingerprint density at radius 3 is 2.00 bits per heavy atom. The molecular formula is C14H31NO. The second kappa shape index (κ2) is 11.0. The lowest BCUT2D eigenvalue weighted by atomic mass is 10.2. The Hall–Kier alpha value is -0.500. The summed E-state index contributed by atoms with van der Waals surface area (Å²) in [5.74, 6) is 0. The van der Waals surface area contributed by atoms with E-state index in [0.29, 0.717) is 12.2 Å². The molecule has 0 aliphatic carbocycles. The third-order valence-corrected chi connectivity index (χ3v) is 2.03. The number of hydrogen-bond donors (Lipinski definition) is 0. The van der Waals surface area contributed by atoms with Gasteiger partial charge in [-0.15, -0.1) is 0 Å². The summed E-state index contributed by atoms with van der Waals surface area (Å²) < 4.78 is 5.62. The molecule has 0 aromatic carbocycles. The Balaban J connectivity index is 0. The van der Waals surface area contributed by atoms with Crippen LogP contribution in [-0.2, 0) is 4.74 Å². The molecule has 16 heavy (non-hydrogen) atoms. The van der Waals surface area contributed by atoms with Gasteiger partial charge in [0, 0.05) is 19.3 Å². The first-order valence-electron chi connectivity index (χ1n) is 6.37. The molecule has 0 rings (SSSR count). The van der Waals surface area contributed by atoms with Crippen molar-refractivity contribution in [2.24, 2.45) is 0 Å². The quantitative estimate of drug-likeness (QED) is 0.680. The van der Waals surface area contributed by atoms with Gasteiger partial charge in [0.05, 0.1) is 12.2 Å². The van der Waals surface area contributed by atoms with Crippen LogP contribution in [0.2, 0.25) is 0 Å². The first-order valence-corrected chi connectivity index (χ1v) is 6.37. The molecule has 0 N–H and O–H groups in total. The highest BCUT2D eigenvalue weighted by atomic mass is 16.5. The summed E-state index contributed by atoms with van der Waals surface area (Å²) in [6.45, 7) is 17.4. The van der Waals surface area contributed by atoms with E-state index >= 15 is 0 Å². The Morgan fingerprint density at radius 2 is 1.69 bits per heavy atom. The second-order valence-corrected chi connectivity index (χ2v) is 4.65. The molecule has 2 nitrogen and oxygen atoms in total. The molecule has 0 aliphatic rings. The van der Waals surface area contributed by atoms with Gasteiger partial charge >= 0.3 is 0 Å². The van der Waals surface area contributed by atoms with Crippen LogP contribution in [0.1, 0.15) is 54.4 Å². The van der Waals surface area contributed by atoms with Crippen molar-refractivity contribution in [2.75, 3.05) is 13.6 Å². The maximum atomic E-state index is 5.62. The van der Waals surface area contributed by atoms with E-state index in [0.717, 1.165) is 18.7 Å². The van der Waals surface area contributed by atoms with Crippen LogP contribution in [0.25, 0.3) is 0 Å². The summed E-state index contributed by atoms with van der Waals surface area (Å²) >= 11 is 0. The van der Waals surface area contributed by atoms with Crippen molar-refractivity contribution in [1.82, 2.24) is 4.90 Å². The zero-order valence-electron chi connectivity index (χ0n) is 12.3. The van der Waals surface area contributed by atoms with Gasteiger partial charge in [-0.05, 0) is 34.1 Å². The molecule has 0 saturated carbocycles. The van der Waals surface area contributed by atoms with Gasteiger partial charge in [-0.1, -0.05) is 26.8 Å². The number of hydrogen-bond acceptors (Lipinski definition) is 2. The van der Waals surface area contributed by atoms with E-state index in [1.54, 1.807) is 0 Å². The molecule has 0 aromatic rings. The highest BCUT2D eigenvalue weighted by Crippen LogP contribution is 2.05. The molecule has 0 aliphatic heterocycles. The van der Waals surface area contributed by atoms with E-state index in [1.807, 2.05) is 6.92 Å². The van der Waals surface area contributed by atoms with E-state index in [-0.39, 0.29) is 0 Å². The molecule has 2 heteroatoms. The van der Waals surface area contributed by atoms with E-state index in [4.69, 9.17) is 4.74 Å². The molecule has 0 saturated heterocycles. The summed E-state index contributed by atoms with van der Waals surface area (Å²) in [4.78, 5) is 2.15. The van der Waals surface area contributed by atoms with Gasteiger partial charge < -0.3 is 9.64 Å². The summed E-state index contributed by atoms with van der Waals surface area (Å²) in [6.07, 6.45) is 2.97. The topological polar surface area (TPSA) is 12.5 Å². The van der Waals surface area contributed by atoms with Gasteiger partial charge in [0.15, 0.2) is 0 Å². The molecule has 1 atom stereocenters. The van der Waals surface area contributed by atoms with Crippen molar-refractivity contribution in [3.63, 3.8) is 0 Å². The fourth-order valence-corrected chi connectivity index (χ4v) is 1.10. The molecule has 0 spiro atoms. The molecule has 0 fully saturated rings. The van der Waals surface area contributed by atoms with Crippen LogP contribution in [0.15, 0.2) is 12.3 Å². The Kier molecular flexibility index (Phi) is 12.3. The first kappa shape index (κ1) is 17.9. The smallest absolute Gasteiger partial charge is 0.0567 e. The molecule has 0 amide bonds. The average Bonchev–Trinajstić information content (AvgIpc) is 2.14.